The number of nitriles is 1. The summed E-state index contributed by atoms with van der Waals surface area (Å²) in [6.45, 7) is 1.41. The molecule has 0 atom stereocenters. The number of anilines is 1. The van der Waals surface area contributed by atoms with Crippen LogP contribution < -0.4 is 16.0 Å². The summed E-state index contributed by atoms with van der Waals surface area (Å²) in [5.74, 6) is -1.63. The zero-order valence-electron chi connectivity index (χ0n) is 18.6. The molecule has 2 aromatic carbocycles. The van der Waals surface area contributed by atoms with Gasteiger partial charge in [0.05, 0.1) is 0 Å². The van der Waals surface area contributed by atoms with Crippen LogP contribution in [-0.4, -0.2) is 39.8 Å². The summed E-state index contributed by atoms with van der Waals surface area (Å²) >= 11 is 0. The van der Waals surface area contributed by atoms with Crippen molar-refractivity contribution in [3.63, 3.8) is 0 Å². The summed E-state index contributed by atoms with van der Waals surface area (Å²) in [5.41, 5.74) is 3.10. The van der Waals surface area contributed by atoms with E-state index in [4.69, 9.17) is 5.26 Å². The first-order chi connectivity index (χ1) is 16.9. The van der Waals surface area contributed by atoms with E-state index in [2.05, 4.69) is 16.0 Å². The summed E-state index contributed by atoms with van der Waals surface area (Å²) in [6, 6.07) is 16.5. The predicted molar refractivity (Wildman–Crippen MR) is 127 cm³/mol. The van der Waals surface area contributed by atoms with Gasteiger partial charge in [0.1, 0.15) is 12.2 Å². The standard InChI is InChI=1S/C25H20N6O4/c1-16-5-2-3-7-20(16)28-22(32)14-31-24(34)21(29-25(31)35)13-19-6-4-12-30(19)18-10-8-17(9-11-18)23(33)27-15-26/h2-13H,14H2,1H3,(H,27,33)(H,28,32)(H,29,35)/b21-13-. The maximum absolute atomic E-state index is 12.8. The van der Waals surface area contributed by atoms with Crippen molar-refractivity contribution in [2.24, 2.45) is 0 Å². The summed E-state index contributed by atoms with van der Waals surface area (Å²) in [4.78, 5) is 50.3. The number of carbonyl (C=O) groups excluding carboxylic acids is 4. The summed E-state index contributed by atoms with van der Waals surface area (Å²) in [6.07, 6.45) is 4.85. The average molecular weight is 468 g/mol. The SMILES string of the molecule is Cc1ccccc1NC(=O)CN1C(=O)N/C(=C\c2cccn2-c2ccc(C(=O)NC#N)cc2)C1=O. The van der Waals surface area contributed by atoms with Crippen LogP contribution in [0.2, 0.25) is 0 Å². The number of amides is 5. The Hall–Kier alpha value is -5.17. The minimum Gasteiger partial charge on any atom is -0.324 e. The third-order valence-electron chi connectivity index (χ3n) is 5.33. The maximum atomic E-state index is 12.8. The van der Waals surface area contributed by atoms with E-state index in [0.717, 1.165) is 10.5 Å². The lowest BCUT2D eigenvalue weighted by Gasteiger charge is -2.13. The van der Waals surface area contributed by atoms with Gasteiger partial charge in [0.25, 0.3) is 11.8 Å². The Bertz CT molecular complexity index is 1400. The van der Waals surface area contributed by atoms with Crippen LogP contribution in [0.25, 0.3) is 11.8 Å². The fraction of sp³-hybridized carbons (Fsp3) is 0.0800. The number of rotatable bonds is 6. The molecule has 4 rings (SSSR count). The van der Waals surface area contributed by atoms with Crippen molar-refractivity contribution in [2.45, 2.75) is 6.92 Å². The average Bonchev–Trinajstić information content (AvgIpc) is 3.41. The first-order valence-electron chi connectivity index (χ1n) is 10.5. The molecule has 10 heteroatoms. The van der Waals surface area contributed by atoms with Gasteiger partial charge in [-0.15, -0.1) is 0 Å². The quantitative estimate of drug-likeness (QED) is 0.221. The molecule has 0 saturated carbocycles. The van der Waals surface area contributed by atoms with Crippen LogP contribution in [0.4, 0.5) is 10.5 Å². The number of hydrogen-bond acceptors (Lipinski definition) is 5. The third kappa shape index (κ3) is 4.94. The normalized spacial score (nSPS) is 13.9. The lowest BCUT2D eigenvalue weighted by Crippen LogP contribution is -2.38. The number of imide groups is 1. The molecule has 5 amide bonds. The number of nitrogens with zero attached hydrogens (tertiary/aromatic N) is 3. The zero-order chi connectivity index (χ0) is 24.9. The van der Waals surface area contributed by atoms with Gasteiger partial charge in [0.2, 0.25) is 5.91 Å². The van der Waals surface area contributed by atoms with Crippen LogP contribution >= 0.6 is 0 Å². The van der Waals surface area contributed by atoms with Gasteiger partial charge in [0, 0.05) is 28.8 Å². The molecular formula is C25H20N6O4. The van der Waals surface area contributed by atoms with Gasteiger partial charge in [-0.3, -0.25) is 19.7 Å². The van der Waals surface area contributed by atoms with Gasteiger partial charge in [-0.25, -0.2) is 9.69 Å². The third-order valence-corrected chi connectivity index (χ3v) is 5.33. The molecule has 0 aliphatic carbocycles. The minimum absolute atomic E-state index is 0.0312. The number of nitrogens with one attached hydrogen (secondary N) is 3. The fourth-order valence-electron chi connectivity index (χ4n) is 3.55. The van der Waals surface area contributed by atoms with Crippen LogP contribution in [0.1, 0.15) is 21.6 Å². The highest BCUT2D eigenvalue weighted by atomic mass is 16.2. The van der Waals surface area contributed by atoms with E-state index in [0.29, 0.717) is 22.6 Å². The Morgan fingerprint density at radius 3 is 2.51 bits per heavy atom. The van der Waals surface area contributed by atoms with E-state index >= 15 is 0 Å². The summed E-state index contributed by atoms with van der Waals surface area (Å²) in [5, 5.41) is 15.9. The van der Waals surface area contributed by atoms with Crippen molar-refractivity contribution >= 4 is 35.5 Å². The highest BCUT2D eigenvalue weighted by Crippen LogP contribution is 2.19. The van der Waals surface area contributed by atoms with Crippen LogP contribution in [0.15, 0.2) is 72.6 Å². The second kappa shape index (κ2) is 9.76. The Morgan fingerprint density at radius 2 is 1.80 bits per heavy atom. The number of aromatic nitrogens is 1. The van der Waals surface area contributed by atoms with Crippen molar-refractivity contribution in [1.82, 2.24) is 20.1 Å². The van der Waals surface area contributed by atoms with Gasteiger partial charge < -0.3 is 15.2 Å². The van der Waals surface area contributed by atoms with Gasteiger partial charge in [-0.1, -0.05) is 18.2 Å². The maximum Gasteiger partial charge on any atom is 0.329 e. The molecule has 1 aromatic heterocycles. The number of para-hydroxylation sites is 1. The van der Waals surface area contributed by atoms with Crippen LogP contribution in [0, 0.1) is 18.4 Å². The highest BCUT2D eigenvalue weighted by Gasteiger charge is 2.35. The summed E-state index contributed by atoms with van der Waals surface area (Å²) in [7, 11) is 0. The minimum atomic E-state index is -0.688. The van der Waals surface area contributed by atoms with Gasteiger partial charge >= 0.3 is 6.03 Å². The van der Waals surface area contributed by atoms with E-state index in [1.165, 1.54) is 6.08 Å². The van der Waals surface area contributed by atoms with Gasteiger partial charge in [-0.2, -0.15) is 5.26 Å². The van der Waals surface area contributed by atoms with E-state index in [9.17, 15) is 19.2 Å². The first kappa shape index (κ1) is 23.0. The number of carbonyl (C=O) groups is 4. The van der Waals surface area contributed by atoms with E-state index in [1.807, 2.05) is 19.1 Å². The molecule has 1 aliphatic heterocycles. The first-order valence-corrected chi connectivity index (χ1v) is 10.5. The number of hydrogen-bond donors (Lipinski definition) is 3. The molecule has 174 valence electrons. The van der Waals surface area contributed by atoms with Crippen LogP contribution in [0.5, 0.6) is 0 Å². The molecule has 3 N–H and O–H groups in total. The summed E-state index contributed by atoms with van der Waals surface area (Å²) < 4.78 is 1.76. The van der Waals surface area contributed by atoms with Gasteiger partial charge in [-0.05, 0) is 61.0 Å². The number of benzene rings is 2. The molecule has 3 aromatic rings. The molecule has 0 unspecified atom stereocenters. The van der Waals surface area contributed by atoms with Crippen LogP contribution in [-0.2, 0) is 9.59 Å². The molecule has 1 aliphatic rings. The number of urea groups is 1. The fourth-order valence-corrected chi connectivity index (χ4v) is 3.55. The Labute approximate surface area is 200 Å². The Balaban J connectivity index is 1.49. The lowest BCUT2D eigenvalue weighted by molar-refractivity contribution is -0.127. The molecule has 1 fully saturated rings. The van der Waals surface area contributed by atoms with E-state index in [1.54, 1.807) is 65.5 Å². The van der Waals surface area contributed by atoms with E-state index in [-0.39, 0.29) is 5.70 Å². The molecule has 0 spiro atoms. The Morgan fingerprint density at radius 1 is 1.06 bits per heavy atom. The van der Waals surface area contributed by atoms with Crippen molar-refractivity contribution in [3.05, 3.63) is 89.4 Å². The zero-order valence-corrected chi connectivity index (χ0v) is 18.6. The van der Waals surface area contributed by atoms with Crippen molar-refractivity contribution < 1.29 is 19.2 Å². The van der Waals surface area contributed by atoms with Crippen molar-refractivity contribution in [1.29, 1.82) is 5.26 Å². The van der Waals surface area contributed by atoms with Crippen molar-refractivity contribution in [3.8, 4) is 11.9 Å². The predicted octanol–water partition coefficient (Wildman–Crippen LogP) is 2.53. The van der Waals surface area contributed by atoms with Crippen molar-refractivity contribution in [2.75, 3.05) is 11.9 Å². The lowest BCUT2D eigenvalue weighted by atomic mass is 10.2. The molecule has 10 nitrogen and oxygen atoms in total. The second-order valence-corrected chi connectivity index (χ2v) is 7.66. The molecule has 1 saturated heterocycles. The highest BCUT2D eigenvalue weighted by molar-refractivity contribution is 6.15. The molecular weight excluding hydrogens is 448 g/mol. The molecule has 35 heavy (non-hydrogen) atoms. The molecule has 0 bridgehead atoms. The smallest absolute Gasteiger partial charge is 0.324 e. The molecule has 2 heterocycles. The number of aryl methyl sites for hydroxylation is 1. The molecule has 0 radical (unpaired) electrons. The monoisotopic (exact) mass is 468 g/mol. The Kier molecular flexibility index (Phi) is 6.42. The largest absolute Gasteiger partial charge is 0.329 e. The topological polar surface area (TPSA) is 136 Å². The van der Waals surface area contributed by atoms with E-state index < -0.39 is 30.3 Å². The van der Waals surface area contributed by atoms with Gasteiger partial charge in [0.15, 0.2) is 6.19 Å². The second-order valence-electron chi connectivity index (χ2n) is 7.66. The van der Waals surface area contributed by atoms with Crippen LogP contribution in [0.3, 0.4) is 0 Å².